The van der Waals surface area contributed by atoms with Gasteiger partial charge in [0.25, 0.3) is 5.56 Å². The lowest BCUT2D eigenvalue weighted by Gasteiger charge is -2.37. The van der Waals surface area contributed by atoms with Gasteiger partial charge in [-0.15, -0.1) is 11.3 Å². The van der Waals surface area contributed by atoms with Crippen LogP contribution in [0.15, 0.2) is 35.0 Å². The van der Waals surface area contributed by atoms with Crippen LogP contribution in [0.1, 0.15) is 24.4 Å². The van der Waals surface area contributed by atoms with Crippen LogP contribution >= 0.6 is 11.3 Å². The molecule has 1 atom stereocenters. The van der Waals surface area contributed by atoms with Gasteiger partial charge in [0.2, 0.25) is 5.91 Å². The molecular formula is C17H19N5O3S. The SMILES string of the molecule is Cn1cc([C@H](NC(=O)Cn2cnc3ccsc3c2=O)C2CC(O)C2)cn1. The summed E-state index contributed by atoms with van der Waals surface area (Å²) in [4.78, 5) is 29.2. The maximum atomic E-state index is 12.6. The number of carbonyl (C=O) groups is 1. The first-order valence-electron chi connectivity index (χ1n) is 8.40. The normalized spacial score (nSPS) is 20.7. The Kier molecular flexibility index (Phi) is 4.33. The van der Waals surface area contributed by atoms with Gasteiger partial charge in [-0.25, -0.2) is 4.98 Å². The highest BCUT2D eigenvalue weighted by atomic mass is 32.1. The second kappa shape index (κ2) is 6.65. The van der Waals surface area contributed by atoms with Crippen LogP contribution in [0.4, 0.5) is 0 Å². The molecule has 1 saturated carbocycles. The van der Waals surface area contributed by atoms with E-state index in [0.29, 0.717) is 23.1 Å². The number of nitrogens with one attached hydrogen (secondary N) is 1. The Morgan fingerprint density at radius 1 is 1.50 bits per heavy atom. The summed E-state index contributed by atoms with van der Waals surface area (Å²) in [7, 11) is 1.82. The summed E-state index contributed by atoms with van der Waals surface area (Å²) in [5.74, 6) is -0.104. The Morgan fingerprint density at radius 3 is 3.00 bits per heavy atom. The molecule has 0 radical (unpaired) electrons. The van der Waals surface area contributed by atoms with Crippen molar-refractivity contribution in [1.82, 2.24) is 24.6 Å². The number of hydrogen-bond acceptors (Lipinski definition) is 6. The molecule has 8 nitrogen and oxygen atoms in total. The molecular weight excluding hydrogens is 354 g/mol. The van der Waals surface area contributed by atoms with Gasteiger partial charge in [-0.1, -0.05) is 0 Å². The van der Waals surface area contributed by atoms with E-state index in [9.17, 15) is 14.7 Å². The van der Waals surface area contributed by atoms with Crippen LogP contribution in [0.5, 0.6) is 0 Å². The molecule has 0 aromatic carbocycles. The van der Waals surface area contributed by atoms with E-state index < -0.39 is 0 Å². The third-order valence-electron chi connectivity index (χ3n) is 4.77. The number of hydrogen-bond donors (Lipinski definition) is 2. The number of carbonyl (C=O) groups excluding carboxylic acids is 1. The summed E-state index contributed by atoms with van der Waals surface area (Å²) in [5, 5.41) is 18.6. The molecule has 0 aliphatic heterocycles. The van der Waals surface area contributed by atoms with Crippen LogP contribution in [0.3, 0.4) is 0 Å². The van der Waals surface area contributed by atoms with E-state index in [1.807, 2.05) is 18.6 Å². The van der Waals surface area contributed by atoms with Crippen LogP contribution in [0.25, 0.3) is 10.2 Å². The van der Waals surface area contributed by atoms with Crippen molar-refractivity contribution in [3.8, 4) is 0 Å². The van der Waals surface area contributed by atoms with Gasteiger partial charge < -0.3 is 10.4 Å². The highest BCUT2D eigenvalue weighted by molar-refractivity contribution is 7.17. The smallest absolute Gasteiger partial charge is 0.271 e. The Morgan fingerprint density at radius 2 is 2.31 bits per heavy atom. The van der Waals surface area contributed by atoms with Crippen LogP contribution in [0.2, 0.25) is 0 Å². The molecule has 3 aromatic heterocycles. The summed E-state index contributed by atoms with van der Waals surface area (Å²) in [5.41, 5.74) is 1.34. The zero-order valence-corrected chi connectivity index (χ0v) is 15.0. The summed E-state index contributed by atoms with van der Waals surface area (Å²) in [6, 6.07) is 1.56. The zero-order chi connectivity index (χ0) is 18.3. The molecule has 136 valence electrons. The van der Waals surface area contributed by atoms with E-state index in [0.717, 1.165) is 5.56 Å². The first-order valence-corrected chi connectivity index (χ1v) is 9.28. The molecule has 0 unspecified atom stereocenters. The van der Waals surface area contributed by atoms with Gasteiger partial charge in [0.05, 0.1) is 30.2 Å². The second-order valence-electron chi connectivity index (χ2n) is 6.69. The zero-order valence-electron chi connectivity index (χ0n) is 14.2. The number of nitrogens with zero attached hydrogens (tertiary/aromatic N) is 4. The van der Waals surface area contributed by atoms with Gasteiger partial charge in [0.15, 0.2) is 0 Å². The minimum atomic E-state index is -0.316. The fraction of sp³-hybridized carbons (Fsp3) is 0.412. The fourth-order valence-electron chi connectivity index (χ4n) is 3.34. The maximum absolute atomic E-state index is 12.6. The summed E-state index contributed by atoms with van der Waals surface area (Å²) >= 11 is 1.32. The average Bonchev–Trinajstić information content (AvgIpc) is 3.22. The molecule has 3 aromatic rings. The van der Waals surface area contributed by atoms with E-state index >= 15 is 0 Å². The maximum Gasteiger partial charge on any atom is 0.271 e. The summed E-state index contributed by atoms with van der Waals surface area (Å²) in [6.45, 7) is -0.0916. The number of aromatic nitrogens is 4. The molecule has 3 heterocycles. The Bertz CT molecular complexity index is 1000. The van der Waals surface area contributed by atoms with Crippen LogP contribution in [-0.2, 0) is 18.4 Å². The fourth-order valence-corrected chi connectivity index (χ4v) is 4.13. The van der Waals surface area contributed by atoms with E-state index in [1.54, 1.807) is 16.9 Å². The van der Waals surface area contributed by atoms with E-state index in [2.05, 4.69) is 15.4 Å². The predicted octanol–water partition coefficient (Wildman–Crippen LogP) is 0.820. The first-order chi connectivity index (χ1) is 12.5. The molecule has 4 rings (SSSR count). The van der Waals surface area contributed by atoms with Gasteiger partial charge in [-0.2, -0.15) is 5.10 Å². The Hall–Kier alpha value is -2.52. The van der Waals surface area contributed by atoms with Crippen molar-refractivity contribution in [3.05, 3.63) is 46.1 Å². The quantitative estimate of drug-likeness (QED) is 0.689. The standard InChI is InChI=1S/C17H19N5O3S/c1-21-7-11(6-19-21)15(10-4-12(23)5-10)20-14(24)8-22-9-18-13-2-3-26-16(13)17(22)25/h2-3,6-7,9-10,12,15,23H,4-5,8H2,1H3,(H,20,24)/t10?,12?,15-/m1/s1. The third kappa shape index (κ3) is 3.15. The Labute approximate surface area is 153 Å². The van der Waals surface area contributed by atoms with Crippen molar-refractivity contribution in [2.24, 2.45) is 13.0 Å². The van der Waals surface area contributed by atoms with Crippen molar-refractivity contribution in [1.29, 1.82) is 0 Å². The van der Waals surface area contributed by atoms with E-state index in [1.165, 1.54) is 22.2 Å². The lowest BCUT2D eigenvalue weighted by atomic mass is 9.75. The number of fused-ring (bicyclic) bond motifs is 1. The van der Waals surface area contributed by atoms with Gasteiger partial charge in [0, 0.05) is 18.8 Å². The van der Waals surface area contributed by atoms with Crippen LogP contribution in [-0.4, -0.2) is 36.4 Å². The molecule has 1 aliphatic rings. The monoisotopic (exact) mass is 373 g/mol. The Balaban J connectivity index is 1.52. The number of amides is 1. The first kappa shape index (κ1) is 16.9. The van der Waals surface area contributed by atoms with Crippen molar-refractivity contribution >= 4 is 27.5 Å². The topological polar surface area (TPSA) is 102 Å². The highest BCUT2D eigenvalue weighted by Gasteiger charge is 2.36. The average molecular weight is 373 g/mol. The molecule has 26 heavy (non-hydrogen) atoms. The molecule has 2 N–H and O–H groups in total. The number of aliphatic hydroxyl groups excluding tert-OH is 1. The highest BCUT2D eigenvalue weighted by Crippen LogP contribution is 2.37. The van der Waals surface area contributed by atoms with Crippen LogP contribution in [0, 0.1) is 5.92 Å². The second-order valence-corrected chi connectivity index (χ2v) is 7.61. The lowest BCUT2D eigenvalue weighted by Crippen LogP contribution is -2.43. The minimum Gasteiger partial charge on any atom is -0.393 e. The lowest BCUT2D eigenvalue weighted by molar-refractivity contribution is -0.123. The predicted molar refractivity (Wildman–Crippen MR) is 96.7 cm³/mol. The number of rotatable bonds is 5. The molecule has 0 saturated heterocycles. The molecule has 1 fully saturated rings. The van der Waals surface area contributed by atoms with Crippen LogP contribution < -0.4 is 10.9 Å². The van der Waals surface area contributed by atoms with Crippen molar-refractivity contribution < 1.29 is 9.90 Å². The van der Waals surface area contributed by atoms with Gasteiger partial charge in [-0.3, -0.25) is 18.8 Å². The number of aryl methyl sites for hydroxylation is 1. The summed E-state index contributed by atoms with van der Waals surface area (Å²) in [6.07, 6.45) is 5.96. The van der Waals surface area contributed by atoms with Gasteiger partial charge in [-0.05, 0) is 30.2 Å². The van der Waals surface area contributed by atoms with E-state index in [-0.39, 0.29) is 36.1 Å². The largest absolute Gasteiger partial charge is 0.393 e. The summed E-state index contributed by atoms with van der Waals surface area (Å²) < 4.78 is 3.55. The molecule has 0 spiro atoms. The molecule has 0 bridgehead atoms. The minimum absolute atomic E-state index is 0.0916. The molecule has 1 aliphatic carbocycles. The van der Waals surface area contributed by atoms with Gasteiger partial charge >= 0.3 is 0 Å². The number of thiophene rings is 1. The van der Waals surface area contributed by atoms with E-state index in [4.69, 9.17) is 0 Å². The molecule has 9 heteroatoms. The third-order valence-corrected chi connectivity index (χ3v) is 5.66. The van der Waals surface area contributed by atoms with Gasteiger partial charge in [0.1, 0.15) is 11.2 Å². The van der Waals surface area contributed by atoms with Crippen molar-refractivity contribution in [2.45, 2.75) is 31.5 Å². The van der Waals surface area contributed by atoms with Crippen molar-refractivity contribution in [3.63, 3.8) is 0 Å². The van der Waals surface area contributed by atoms with Crippen molar-refractivity contribution in [2.75, 3.05) is 0 Å². The number of aliphatic hydroxyl groups is 1. The molecule has 1 amide bonds.